The zero-order valence-corrected chi connectivity index (χ0v) is 18.3. The Kier molecular flexibility index (Phi) is 10.1. The molecule has 0 amide bonds. The molecular formula is C16H30IN5OS. The Balaban J connectivity index is 0.00000288. The monoisotopic (exact) mass is 467 g/mol. The van der Waals surface area contributed by atoms with Gasteiger partial charge in [-0.1, -0.05) is 6.92 Å². The van der Waals surface area contributed by atoms with Crippen molar-refractivity contribution in [1.29, 1.82) is 0 Å². The minimum Gasteiger partial charge on any atom is -0.379 e. The molecular weight excluding hydrogens is 437 g/mol. The summed E-state index contributed by atoms with van der Waals surface area (Å²) in [7, 11) is 3.88. The highest BCUT2D eigenvalue weighted by atomic mass is 127. The maximum atomic E-state index is 5.40. The normalized spacial score (nSPS) is 17.2. The van der Waals surface area contributed by atoms with Crippen LogP contribution in [0.1, 0.15) is 17.6 Å². The summed E-state index contributed by atoms with van der Waals surface area (Å²) >= 11 is 1.69. The average Bonchev–Trinajstić information content (AvgIpc) is 2.94. The van der Waals surface area contributed by atoms with Crippen LogP contribution in [0.5, 0.6) is 0 Å². The summed E-state index contributed by atoms with van der Waals surface area (Å²) in [5.41, 5.74) is 1.10. The number of aliphatic imine (C=N–C) groups is 1. The Labute approximate surface area is 166 Å². The van der Waals surface area contributed by atoms with Crippen molar-refractivity contribution in [3.63, 3.8) is 0 Å². The lowest BCUT2D eigenvalue weighted by Crippen LogP contribution is -2.44. The number of hydrogen-bond donors (Lipinski definition) is 1. The molecule has 138 valence electrons. The largest absolute Gasteiger partial charge is 0.379 e. The Bertz CT molecular complexity index is 504. The second kappa shape index (κ2) is 11.2. The third-order valence-corrected chi connectivity index (χ3v) is 4.74. The van der Waals surface area contributed by atoms with E-state index in [1.165, 1.54) is 0 Å². The van der Waals surface area contributed by atoms with Crippen LogP contribution in [0.2, 0.25) is 0 Å². The van der Waals surface area contributed by atoms with Crippen molar-refractivity contribution in [3.8, 4) is 0 Å². The van der Waals surface area contributed by atoms with Gasteiger partial charge in [0.25, 0.3) is 0 Å². The van der Waals surface area contributed by atoms with E-state index in [2.05, 4.69) is 44.4 Å². The van der Waals surface area contributed by atoms with E-state index >= 15 is 0 Å². The first kappa shape index (κ1) is 21.6. The van der Waals surface area contributed by atoms with Crippen molar-refractivity contribution in [2.75, 3.05) is 53.5 Å². The topological polar surface area (TPSA) is 53.0 Å². The second-order valence-corrected chi connectivity index (χ2v) is 7.22. The highest BCUT2D eigenvalue weighted by molar-refractivity contribution is 14.0. The molecule has 2 rings (SSSR count). The van der Waals surface area contributed by atoms with Crippen LogP contribution in [0.25, 0.3) is 0 Å². The van der Waals surface area contributed by atoms with E-state index in [9.17, 15) is 0 Å². The molecule has 1 N–H and O–H groups in total. The van der Waals surface area contributed by atoms with E-state index in [1.54, 1.807) is 11.3 Å². The molecule has 1 aliphatic heterocycles. The number of aryl methyl sites for hydroxylation is 1. The van der Waals surface area contributed by atoms with Crippen molar-refractivity contribution in [2.24, 2.45) is 10.9 Å². The summed E-state index contributed by atoms with van der Waals surface area (Å²) in [4.78, 5) is 13.5. The number of hydrogen-bond acceptors (Lipinski definition) is 5. The van der Waals surface area contributed by atoms with Crippen LogP contribution in [-0.2, 0) is 11.3 Å². The van der Waals surface area contributed by atoms with Crippen LogP contribution in [0.3, 0.4) is 0 Å². The highest BCUT2D eigenvalue weighted by Gasteiger charge is 2.15. The van der Waals surface area contributed by atoms with Crippen molar-refractivity contribution < 1.29 is 4.74 Å². The smallest absolute Gasteiger partial charge is 0.193 e. The fourth-order valence-electron chi connectivity index (χ4n) is 2.74. The first-order valence-electron chi connectivity index (χ1n) is 8.21. The second-order valence-electron chi connectivity index (χ2n) is 6.16. The Morgan fingerprint density at radius 2 is 2.21 bits per heavy atom. The molecule has 0 spiro atoms. The number of nitrogens with one attached hydrogen (secondary N) is 1. The van der Waals surface area contributed by atoms with Crippen LogP contribution in [0.4, 0.5) is 0 Å². The van der Waals surface area contributed by atoms with Gasteiger partial charge in [0.15, 0.2) is 5.96 Å². The minimum atomic E-state index is 0. The summed E-state index contributed by atoms with van der Waals surface area (Å²) in [6.07, 6.45) is 0. The fraction of sp³-hybridized carbons (Fsp3) is 0.750. The molecule has 0 aliphatic carbocycles. The van der Waals surface area contributed by atoms with Gasteiger partial charge in [-0.3, -0.25) is 9.89 Å². The third-order valence-electron chi connectivity index (χ3n) is 3.92. The molecule has 1 unspecified atom stereocenters. The number of morpholine rings is 1. The molecule has 0 radical (unpaired) electrons. The zero-order valence-electron chi connectivity index (χ0n) is 15.1. The molecule has 0 bridgehead atoms. The molecule has 24 heavy (non-hydrogen) atoms. The van der Waals surface area contributed by atoms with Crippen LogP contribution < -0.4 is 5.32 Å². The molecule has 0 saturated carbocycles. The Morgan fingerprint density at radius 1 is 1.50 bits per heavy atom. The number of guanidine groups is 1. The number of aromatic nitrogens is 1. The van der Waals surface area contributed by atoms with E-state index < -0.39 is 0 Å². The van der Waals surface area contributed by atoms with E-state index in [-0.39, 0.29) is 24.0 Å². The Morgan fingerprint density at radius 3 is 2.79 bits per heavy atom. The first-order valence-corrected chi connectivity index (χ1v) is 9.09. The predicted molar refractivity (Wildman–Crippen MR) is 112 cm³/mol. The summed E-state index contributed by atoms with van der Waals surface area (Å²) < 4.78 is 5.40. The van der Waals surface area contributed by atoms with Gasteiger partial charge in [0.05, 0.1) is 30.5 Å². The molecule has 1 aliphatic rings. The summed E-state index contributed by atoms with van der Waals surface area (Å²) in [5, 5.41) is 6.70. The van der Waals surface area contributed by atoms with Gasteiger partial charge in [-0.25, -0.2) is 4.98 Å². The number of nitrogens with zero attached hydrogens (tertiary/aromatic N) is 4. The van der Waals surface area contributed by atoms with E-state index in [1.807, 2.05) is 14.0 Å². The van der Waals surface area contributed by atoms with Crippen molar-refractivity contribution >= 4 is 41.3 Å². The molecule has 1 saturated heterocycles. The number of thiazole rings is 1. The summed E-state index contributed by atoms with van der Waals surface area (Å²) in [5.74, 6) is 1.49. The average molecular weight is 467 g/mol. The molecule has 1 aromatic heterocycles. The maximum absolute atomic E-state index is 5.40. The van der Waals surface area contributed by atoms with Crippen LogP contribution >= 0.6 is 35.3 Å². The molecule has 1 atom stereocenters. The van der Waals surface area contributed by atoms with Gasteiger partial charge in [-0.2, -0.15) is 0 Å². The number of rotatable bonds is 6. The van der Waals surface area contributed by atoms with Crippen molar-refractivity contribution in [3.05, 3.63) is 16.1 Å². The number of halogens is 1. The van der Waals surface area contributed by atoms with Gasteiger partial charge in [0.1, 0.15) is 0 Å². The lowest BCUT2D eigenvalue weighted by atomic mass is 10.1. The Hall–Kier alpha value is -0.450. The minimum absolute atomic E-state index is 0. The lowest BCUT2D eigenvalue weighted by Gasteiger charge is -2.30. The molecule has 1 fully saturated rings. The SMILES string of the molecule is CN=C(NCC(C)CN1CCOCC1)N(C)Cc1csc(C)n1.I. The third kappa shape index (κ3) is 7.20. The van der Waals surface area contributed by atoms with Crippen molar-refractivity contribution in [1.82, 2.24) is 20.1 Å². The first-order chi connectivity index (χ1) is 11.1. The predicted octanol–water partition coefficient (Wildman–Crippen LogP) is 2.05. The molecule has 8 heteroatoms. The van der Waals surface area contributed by atoms with Crippen molar-refractivity contribution in [2.45, 2.75) is 20.4 Å². The highest BCUT2D eigenvalue weighted by Crippen LogP contribution is 2.10. The van der Waals surface area contributed by atoms with E-state index in [0.29, 0.717) is 5.92 Å². The van der Waals surface area contributed by atoms with Crippen LogP contribution in [0, 0.1) is 12.8 Å². The number of ether oxygens (including phenoxy) is 1. The molecule has 1 aromatic rings. The van der Waals surface area contributed by atoms with Gasteiger partial charge in [0.2, 0.25) is 0 Å². The standard InChI is InChI=1S/C16H29N5OS.HI/c1-13(10-21-5-7-22-8-6-21)9-18-16(17-3)20(4)11-15-12-23-14(2)19-15;/h12-13H,5-11H2,1-4H3,(H,17,18);1H. The van der Waals surface area contributed by atoms with Crippen LogP contribution in [0.15, 0.2) is 10.4 Å². The molecule has 2 heterocycles. The van der Waals surface area contributed by atoms with E-state index in [4.69, 9.17) is 4.74 Å². The quantitative estimate of drug-likeness (QED) is 0.395. The molecule has 6 nitrogen and oxygen atoms in total. The van der Waals surface area contributed by atoms with Gasteiger partial charge in [-0.15, -0.1) is 35.3 Å². The van der Waals surface area contributed by atoms with Gasteiger partial charge in [-0.05, 0) is 12.8 Å². The van der Waals surface area contributed by atoms with E-state index in [0.717, 1.165) is 62.6 Å². The fourth-order valence-corrected chi connectivity index (χ4v) is 3.34. The summed E-state index contributed by atoms with van der Waals surface area (Å²) in [6, 6.07) is 0. The summed E-state index contributed by atoms with van der Waals surface area (Å²) in [6.45, 7) is 10.9. The zero-order chi connectivity index (χ0) is 16.7. The van der Waals surface area contributed by atoms with Crippen LogP contribution in [-0.4, -0.2) is 74.2 Å². The lowest BCUT2D eigenvalue weighted by molar-refractivity contribution is 0.0320. The maximum Gasteiger partial charge on any atom is 0.193 e. The molecule has 0 aromatic carbocycles. The van der Waals surface area contributed by atoms with Gasteiger partial charge in [0, 0.05) is 45.7 Å². The van der Waals surface area contributed by atoms with Gasteiger partial charge < -0.3 is 15.0 Å². The van der Waals surface area contributed by atoms with Gasteiger partial charge >= 0.3 is 0 Å².